The first-order chi connectivity index (χ1) is 12.2. The lowest BCUT2D eigenvalue weighted by Gasteiger charge is -2.26. The molecule has 0 spiro atoms. The van der Waals surface area contributed by atoms with Crippen LogP contribution in [-0.2, 0) is 4.79 Å². The minimum absolute atomic E-state index is 0.0395. The molecule has 2 aliphatic rings. The average Bonchev–Trinajstić information content (AvgIpc) is 2.98. The maximum absolute atomic E-state index is 12.3. The van der Waals surface area contributed by atoms with Crippen LogP contribution in [0.1, 0.15) is 45.9 Å². The maximum atomic E-state index is 12.3. The number of carbonyl (C=O) groups is 2. The Balaban J connectivity index is 1.65. The van der Waals surface area contributed by atoms with Gasteiger partial charge in [0.15, 0.2) is 0 Å². The zero-order valence-electron chi connectivity index (χ0n) is 13.5. The highest BCUT2D eigenvalue weighted by Gasteiger charge is 2.34. The Labute approximate surface area is 150 Å². The van der Waals surface area contributed by atoms with E-state index in [1.807, 2.05) is 42.5 Å². The Morgan fingerprint density at radius 2 is 1.96 bits per heavy atom. The van der Waals surface area contributed by atoms with Gasteiger partial charge in [-0.2, -0.15) is 0 Å². The molecule has 0 fully saturated rings. The van der Waals surface area contributed by atoms with Crippen LogP contribution in [0, 0.1) is 0 Å². The predicted octanol–water partition coefficient (Wildman–Crippen LogP) is 3.98. The van der Waals surface area contributed by atoms with Gasteiger partial charge in [0.1, 0.15) is 0 Å². The van der Waals surface area contributed by atoms with E-state index in [9.17, 15) is 9.59 Å². The molecule has 25 heavy (non-hydrogen) atoms. The minimum Gasteiger partial charge on any atom is -0.341 e. The number of fused-ring (bicyclic) bond motifs is 5. The van der Waals surface area contributed by atoms with Gasteiger partial charge in [0.05, 0.1) is 6.04 Å². The molecule has 2 amide bonds. The highest BCUT2D eigenvalue weighted by atomic mass is 35.5. The van der Waals surface area contributed by atoms with E-state index in [1.165, 1.54) is 0 Å². The van der Waals surface area contributed by atoms with Crippen molar-refractivity contribution in [2.75, 3.05) is 11.2 Å². The molecule has 1 aliphatic carbocycles. The number of nitrogens with one attached hydrogen (secondary N) is 2. The van der Waals surface area contributed by atoms with Crippen LogP contribution in [0.4, 0.5) is 5.69 Å². The smallest absolute Gasteiger partial charge is 0.252 e. The van der Waals surface area contributed by atoms with Crippen LogP contribution in [0.5, 0.6) is 0 Å². The molecular weight excluding hydrogens is 336 g/mol. The summed E-state index contributed by atoms with van der Waals surface area (Å²) >= 11 is 5.63. The molecule has 0 aromatic heterocycles. The number of anilines is 1. The molecule has 1 aliphatic heterocycles. The van der Waals surface area contributed by atoms with Crippen LogP contribution in [-0.4, -0.2) is 17.7 Å². The second kappa shape index (κ2) is 6.37. The van der Waals surface area contributed by atoms with Gasteiger partial charge in [0.25, 0.3) is 5.91 Å². The Morgan fingerprint density at radius 3 is 2.76 bits per heavy atom. The summed E-state index contributed by atoms with van der Waals surface area (Å²) in [5.41, 5.74) is 5.60. The molecule has 1 atom stereocenters. The number of alkyl halides is 1. The van der Waals surface area contributed by atoms with E-state index in [-0.39, 0.29) is 17.9 Å². The normalized spacial score (nSPS) is 17.1. The average molecular weight is 353 g/mol. The van der Waals surface area contributed by atoms with E-state index in [1.54, 1.807) is 0 Å². The van der Waals surface area contributed by atoms with Crippen LogP contribution in [0.25, 0.3) is 11.6 Å². The summed E-state index contributed by atoms with van der Waals surface area (Å²) < 4.78 is 0. The first-order valence-corrected chi connectivity index (χ1v) is 8.82. The van der Waals surface area contributed by atoms with Crippen LogP contribution >= 0.6 is 11.6 Å². The molecule has 2 aromatic carbocycles. The number of hydrogen-bond donors (Lipinski definition) is 2. The van der Waals surface area contributed by atoms with Crippen LogP contribution in [0.15, 0.2) is 42.5 Å². The molecule has 126 valence electrons. The molecule has 2 N–H and O–H groups in total. The van der Waals surface area contributed by atoms with Gasteiger partial charge in [0, 0.05) is 23.6 Å². The van der Waals surface area contributed by atoms with Gasteiger partial charge in [-0.3, -0.25) is 9.59 Å². The third-order valence-electron chi connectivity index (χ3n) is 4.60. The number of rotatable bonds is 4. The Bertz CT molecular complexity index is 904. The Morgan fingerprint density at radius 1 is 1.16 bits per heavy atom. The van der Waals surface area contributed by atoms with Crippen molar-refractivity contribution in [2.45, 2.75) is 18.9 Å². The summed E-state index contributed by atoms with van der Waals surface area (Å²) in [6, 6.07) is 13.3. The Hall–Kier alpha value is -2.59. The molecule has 5 heteroatoms. The highest BCUT2D eigenvalue weighted by molar-refractivity contribution is 6.18. The molecule has 0 saturated heterocycles. The quantitative estimate of drug-likeness (QED) is 0.817. The lowest BCUT2D eigenvalue weighted by molar-refractivity contribution is -0.116. The molecule has 4 rings (SSSR count). The van der Waals surface area contributed by atoms with E-state index in [4.69, 9.17) is 11.6 Å². The zero-order valence-corrected chi connectivity index (χ0v) is 14.3. The van der Waals surface area contributed by atoms with Gasteiger partial charge < -0.3 is 10.6 Å². The van der Waals surface area contributed by atoms with Crippen molar-refractivity contribution in [1.29, 1.82) is 0 Å². The monoisotopic (exact) mass is 352 g/mol. The lowest BCUT2D eigenvalue weighted by atomic mass is 9.90. The fourth-order valence-electron chi connectivity index (χ4n) is 3.44. The fourth-order valence-corrected chi connectivity index (χ4v) is 3.57. The molecule has 1 unspecified atom stereocenters. The number of hydrogen-bond acceptors (Lipinski definition) is 2. The molecule has 0 radical (unpaired) electrons. The van der Waals surface area contributed by atoms with E-state index < -0.39 is 0 Å². The summed E-state index contributed by atoms with van der Waals surface area (Å²) in [4.78, 5) is 24.2. The van der Waals surface area contributed by atoms with Crippen LogP contribution in [0.3, 0.4) is 0 Å². The third kappa shape index (κ3) is 2.83. The van der Waals surface area contributed by atoms with Crippen molar-refractivity contribution in [3.8, 4) is 0 Å². The number of halogens is 1. The lowest BCUT2D eigenvalue weighted by Crippen LogP contribution is -2.33. The first kappa shape index (κ1) is 15.9. The summed E-state index contributed by atoms with van der Waals surface area (Å²) in [5, 5.41) is 5.97. The van der Waals surface area contributed by atoms with E-state index in [2.05, 4.69) is 16.7 Å². The summed E-state index contributed by atoms with van der Waals surface area (Å²) in [5.74, 6) is 0.385. The van der Waals surface area contributed by atoms with Crippen molar-refractivity contribution in [1.82, 2.24) is 5.32 Å². The molecule has 2 aromatic rings. The molecule has 0 bridgehead atoms. The standard InChI is InChI=1S/C20H17ClN2O2/c21-9-3-6-18(24)22-13-7-8-14-12(10-13)11-17-15-4-1-2-5-16(15)20(25)23-19(14)17/h1-2,4-5,7-8,10-11,19H,3,6,9H2,(H,22,24)(H,23,25). The molecule has 0 saturated carbocycles. The van der Waals surface area contributed by atoms with Crippen molar-refractivity contribution in [3.05, 3.63) is 64.7 Å². The first-order valence-electron chi connectivity index (χ1n) is 8.29. The molecular formula is C20H17ClN2O2. The SMILES string of the molecule is O=C(CCCCl)Nc1ccc2c(c1)C=C1c3ccccc3C(=O)NC12. The van der Waals surface area contributed by atoms with E-state index in [0.29, 0.717) is 24.3 Å². The van der Waals surface area contributed by atoms with Gasteiger partial charge in [-0.1, -0.05) is 24.3 Å². The third-order valence-corrected chi connectivity index (χ3v) is 4.87. The number of benzene rings is 2. The minimum atomic E-state index is -0.126. The zero-order chi connectivity index (χ0) is 17.4. The van der Waals surface area contributed by atoms with Crippen molar-refractivity contribution in [3.63, 3.8) is 0 Å². The topological polar surface area (TPSA) is 58.2 Å². The summed E-state index contributed by atoms with van der Waals surface area (Å²) in [7, 11) is 0. The van der Waals surface area contributed by atoms with Crippen LogP contribution < -0.4 is 10.6 Å². The van der Waals surface area contributed by atoms with Crippen LogP contribution in [0.2, 0.25) is 0 Å². The second-order valence-electron chi connectivity index (χ2n) is 6.24. The van der Waals surface area contributed by atoms with Gasteiger partial charge in [-0.15, -0.1) is 11.6 Å². The van der Waals surface area contributed by atoms with E-state index in [0.717, 1.165) is 28.0 Å². The van der Waals surface area contributed by atoms with Gasteiger partial charge in [-0.05, 0) is 53.0 Å². The summed E-state index contributed by atoms with van der Waals surface area (Å²) in [6.07, 6.45) is 3.16. The molecule has 1 heterocycles. The van der Waals surface area contributed by atoms with Crippen molar-refractivity contribution < 1.29 is 9.59 Å². The van der Waals surface area contributed by atoms with Gasteiger partial charge in [0.2, 0.25) is 5.91 Å². The van der Waals surface area contributed by atoms with Gasteiger partial charge >= 0.3 is 0 Å². The fraction of sp³-hybridized carbons (Fsp3) is 0.200. The summed E-state index contributed by atoms with van der Waals surface area (Å²) in [6.45, 7) is 0. The second-order valence-corrected chi connectivity index (χ2v) is 6.61. The number of carbonyl (C=O) groups excluding carboxylic acids is 2. The highest BCUT2D eigenvalue weighted by Crippen LogP contribution is 2.44. The van der Waals surface area contributed by atoms with Gasteiger partial charge in [-0.25, -0.2) is 0 Å². The predicted molar refractivity (Wildman–Crippen MR) is 99.5 cm³/mol. The van der Waals surface area contributed by atoms with E-state index >= 15 is 0 Å². The molecule has 4 nitrogen and oxygen atoms in total. The Kier molecular flexibility index (Phi) is 4.06. The van der Waals surface area contributed by atoms with Crippen molar-refractivity contribution in [2.24, 2.45) is 0 Å². The number of amides is 2. The maximum Gasteiger partial charge on any atom is 0.252 e. The van der Waals surface area contributed by atoms with Crippen molar-refractivity contribution >= 4 is 40.8 Å². The largest absolute Gasteiger partial charge is 0.341 e.